The fourth-order valence-corrected chi connectivity index (χ4v) is 1.73. The summed E-state index contributed by atoms with van der Waals surface area (Å²) in [6.07, 6.45) is 0. The smallest absolute Gasteiger partial charge is 0.172 e. The van der Waals surface area contributed by atoms with Crippen molar-refractivity contribution in [2.75, 3.05) is 0 Å². The molecule has 0 aromatic heterocycles. The van der Waals surface area contributed by atoms with Crippen molar-refractivity contribution in [3.8, 4) is 5.75 Å². The highest BCUT2D eigenvalue weighted by molar-refractivity contribution is 9.10. The number of nitrogens with zero attached hydrogens (tertiary/aromatic N) is 1. The number of hydrogen-bond donors (Lipinski definition) is 0. The van der Waals surface area contributed by atoms with Crippen LogP contribution in [0.15, 0.2) is 64.2 Å². The number of halogens is 1. The van der Waals surface area contributed by atoms with Gasteiger partial charge in [-0.15, -0.1) is 0 Å². The topological polar surface area (TPSA) is 21.6 Å². The molecular weight excluding hydrogens is 278 g/mol. The molecule has 86 valence electrons. The summed E-state index contributed by atoms with van der Waals surface area (Å²) in [7, 11) is 0. The van der Waals surface area contributed by atoms with E-state index in [0.29, 0.717) is 5.75 Å². The average molecular weight is 290 g/mol. The van der Waals surface area contributed by atoms with Crippen LogP contribution >= 0.6 is 15.9 Å². The van der Waals surface area contributed by atoms with Gasteiger partial charge in [-0.2, -0.15) is 0 Å². The number of oxime groups is 1. The Balaban J connectivity index is 2.14. The second-order valence-corrected chi connectivity index (χ2v) is 4.42. The summed E-state index contributed by atoms with van der Waals surface area (Å²) < 4.78 is 0.893. The number of hydrogen-bond acceptors (Lipinski definition) is 2. The molecule has 17 heavy (non-hydrogen) atoms. The van der Waals surface area contributed by atoms with E-state index >= 15 is 0 Å². The van der Waals surface area contributed by atoms with Gasteiger partial charge >= 0.3 is 0 Å². The molecule has 0 amide bonds. The maximum Gasteiger partial charge on any atom is 0.172 e. The minimum Gasteiger partial charge on any atom is -0.356 e. The lowest BCUT2D eigenvalue weighted by molar-refractivity contribution is 0.339. The van der Waals surface area contributed by atoms with E-state index in [0.717, 1.165) is 15.7 Å². The predicted molar refractivity (Wildman–Crippen MR) is 73.4 cm³/mol. The molecule has 0 unspecified atom stereocenters. The monoisotopic (exact) mass is 289 g/mol. The predicted octanol–water partition coefficient (Wildman–Crippen LogP) is 4.25. The molecule has 0 atom stereocenters. The van der Waals surface area contributed by atoms with Gasteiger partial charge in [-0.1, -0.05) is 47.6 Å². The Morgan fingerprint density at radius 3 is 2.35 bits per heavy atom. The number of para-hydroxylation sites is 1. The molecule has 0 spiro atoms. The third kappa shape index (κ3) is 3.17. The van der Waals surface area contributed by atoms with Gasteiger partial charge in [0.2, 0.25) is 0 Å². The third-order valence-corrected chi connectivity index (χ3v) is 2.96. The van der Waals surface area contributed by atoms with E-state index in [1.54, 1.807) is 0 Å². The molecule has 0 heterocycles. The van der Waals surface area contributed by atoms with Crippen LogP contribution in [0.5, 0.6) is 5.75 Å². The molecule has 2 nitrogen and oxygen atoms in total. The van der Waals surface area contributed by atoms with Crippen LogP contribution in [0, 0.1) is 0 Å². The zero-order chi connectivity index (χ0) is 12.1. The highest BCUT2D eigenvalue weighted by atomic mass is 79.9. The summed E-state index contributed by atoms with van der Waals surface area (Å²) in [5.74, 6) is 0.711. The van der Waals surface area contributed by atoms with Crippen LogP contribution in [0.1, 0.15) is 12.5 Å². The Morgan fingerprint density at radius 2 is 1.65 bits per heavy atom. The lowest BCUT2D eigenvalue weighted by Crippen LogP contribution is -1.97. The molecule has 2 aromatic rings. The van der Waals surface area contributed by atoms with Crippen LogP contribution in [-0.2, 0) is 0 Å². The highest BCUT2D eigenvalue weighted by Crippen LogP contribution is 2.24. The van der Waals surface area contributed by atoms with Gasteiger partial charge in [0.15, 0.2) is 5.75 Å². The van der Waals surface area contributed by atoms with Crippen LogP contribution in [-0.4, -0.2) is 5.71 Å². The summed E-state index contributed by atoms with van der Waals surface area (Å²) in [5, 5.41) is 4.11. The Labute approximate surface area is 109 Å². The maximum atomic E-state index is 5.39. The standard InChI is InChI=1S/C14H12BrNO/c1-11(12-7-3-2-4-8-12)16-17-14-10-6-5-9-13(14)15/h2-10H,1H3/b16-11+. The minimum absolute atomic E-state index is 0.711. The third-order valence-electron chi connectivity index (χ3n) is 2.31. The first-order valence-corrected chi connectivity index (χ1v) is 6.08. The second kappa shape index (κ2) is 5.64. The average Bonchev–Trinajstić information content (AvgIpc) is 2.38. The molecule has 3 heteroatoms. The van der Waals surface area contributed by atoms with Crippen molar-refractivity contribution < 1.29 is 4.84 Å². The fraction of sp³-hybridized carbons (Fsp3) is 0.0714. The van der Waals surface area contributed by atoms with Crippen molar-refractivity contribution in [1.82, 2.24) is 0 Å². The minimum atomic E-state index is 0.711. The van der Waals surface area contributed by atoms with Gasteiger partial charge in [0.25, 0.3) is 0 Å². The largest absolute Gasteiger partial charge is 0.356 e. The number of rotatable bonds is 3. The summed E-state index contributed by atoms with van der Waals surface area (Å²) >= 11 is 3.41. The van der Waals surface area contributed by atoms with Crippen molar-refractivity contribution in [2.45, 2.75) is 6.92 Å². The van der Waals surface area contributed by atoms with Crippen LogP contribution in [0.25, 0.3) is 0 Å². The Bertz CT molecular complexity index is 523. The zero-order valence-corrected chi connectivity index (χ0v) is 11.0. The van der Waals surface area contributed by atoms with E-state index in [1.807, 2.05) is 61.5 Å². The van der Waals surface area contributed by atoms with Crippen LogP contribution < -0.4 is 4.84 Å². The number of benzene rings is 2. The molecule has 0 aliphatic carbocycles. The molecule has 0 saturated carbocycles. The first kappa shape index (κ1) is 11.9. The van der Waals surface area contributed by atoms with Crippen molar-refractivity contribution >= 4 is 21.6 Å². The molecule has 2 rings (SSSR count). The van der Waals surface area contributed by atoms with Crippen molar-refractivity contribution in [1.29, 1.82) is 0 Å². The van der Waals surface area contributed by atoms with Gasteiger partial charge in [-0.3, -0.25) is 0 Å². The van der Waals surface area contributed by atoms with Gasteiger partial charge in [0.1, 0.15) is 0 Å². The first-order chi connectivity index (χ1) is 8.27. The Hall–Kier alpha value is -1.61. The molecule has 0 radical (unpaired) electrons. The van der Waals surface area contributed by atoms with Gasteiger partial charge in [-0.05, 0) is 40.5 Å². The van der Waals surface area contributed by atoms with Crippen LogP contribution in [0.2, 0.25) is 0 Å². The van der Waals surface area contributed by atoms with Crippen molar-refractivity contribution in [3.05, 3.63) is 64.6 Å². The van der Waals surface area contributed by atoms with Crippen molar-refractivity contribution in [3.63, 3.8) is 0 Å². The normalized spacial score (nSPS) is 11.3. The van der Waals surface area contributed by atoms with E-state index in [1.165, 1.54) is 0 Å². The van der Waals surface area contributed by atoms with E-state index in [9.17, 15) is 0 Å². The van der Waals surface area contributed by atoms with Gasteiger partial charge in [0, 0.05) is 0 Å². The first-order valence-electron chi connectivity index (χ1n) is 5.29. The Kier molecular flexibility index (Phi) is 3.94. The van der Waals surface area contributed by atoms with Gasteiger partial charge < -0.3 is 4.84 Å². The molecule has 0 saturated heterocycles. The quantitative estimate of drug-likeness (QED) is 0.611. The summed E-state index contributed by atoms with van der Waals surface area (Å²) in [6, 6.07) is 17.6. The van der Waals surface area contributed by atoms with Crippen LogP contribution in [0.4, 0.5) is 0 Å². The molecule has 0 N–H and O–H groups in total. The Morgan fingerprint density at radius 1 is 1.00 bits per heavy atom. The summed E-state index contributed by atoms with van der Waals surface area (Å²) in [6.45, 7) is 1.92. The maximum absolute atomic E-state index is 5.39. The lowest BCUT2D eigenvalue weighted by atomic mass is 10.1. The molecule has 0 bridgehead atoms. The van der Waals surface area contributed by atoms with Gasteiger partial charge in [0.05, 0.1) is 10.2 Å². The SMILES string of the molecule is C/C(=N\Oc1ccccc1Br)c1ccccc1. The van der Waals surface area contributed by atoms with Crippen molar-refractivity contribution in [2.24, 2.45) is 5.16 Å². The molecular formula is C14H12BrNO. The van der Waals surface area contributed by atoms with Crippen LogP contribution in [0.3, 0.4) is 0 Å². The molecule has 2 aromatic carbocycles. The van der Waals surface area contributed by atoms with E-state index in [-0.39, 0.29) is 0 Å². The van der Waals surface area contributed by atoms with E-state index in [2.05, 4.69) is 21.1 Å². The van der Waals surface area contributed by atoms with Gasteiger partial charge in [-0.25, -0.2) is 0 Å². The fourth-order valence-electron chi connectivity index (χ4n) is 1.37. The molecule has 0 fully saturated rings. The zero-order valence-electron chi connectivity index (χ0n) is 9.43. The molecule has 0 aliphatic rings. The van der Waals surface area contributed by atoms with E-state index in [4.69, 9.17) is 4.84 Å². The highest BCUT2D eigenvalue weighted by Gasteiger charge is 2.00. The van der Waals surface area contributed by atoms with E-state index < -0.39 is 0 Å². The molecule has 0 aliphatic heterocycles. The summed E-state index contributed by atoms with van der Waals surface area (Å²) in [5.41, 5.74) is 1.90. The second-order valence-electron chi connectivity index (χ2n) is 3.56. The lowest BCUT2D eigenvalue weighted by Gasteiger charge is -2.03. The summed E-state index contributed by atoms with van der Waals surface area (Å²) in [4.78, 5) is 5.39.